The van der Waals surface area contributed by atoms with E-state index in [-0.39, 0.29) is 0 Å². The molecule has 78 valence electrons. The lowest BCUT2D eigenvalue weighted by atomic mass is 10.3. The summed E-state index contributed by atoms with van der Waals surface area (Å²) >= 11 is 6.00. The molecule has 1 aromatic rings. The van der Waals surface area contributed by atoms with Gasteiger partial charge in [0.15, 0.2) is 0 Å². The predicted molar refractivity (Wildman–Crippen MR) is 61.4 cm³/mol. The van der Waals surface area contributed by atoms with E-state index in [2.05, 4.69) is 12.2 Å². The molecule has 3 heteroatoms. The van der Waals surface area contributed by atoms with E-state index in [9.17, 15) is 0 Å². The second-order valence-electron chi connectivity index (χ2n) is 3.09. The Bertz CT molecular complexity index is 289. The number of rotatable bonds is 5. The third-order valence-corrected chi connectivity index (χ3v) is 2.29. The Morgan fingerprint density at radius 1 is 1.43 bits per heavy atom. The molecule has 0 saturated heterocycles. The van der Waals surface area contributed by atoms with Gasteiger partial charge in [-0.15, -0.1) is 0 Å². The molecule has 0 aliphatic carbocycles. The molecular formula is C11H16ClNO. The number of hydrogen-bond donors (Lipinski definition) is 1. The molecule has 1 aromatic carbocycles. The summed E-state index contributed by atoms with van der Waals surface area (Å²) in [5.41, 5.74) is 0.925. The summed E-state index contributed by atoms with van der Waals surface area (Å²) < 4.78 is 5.51. The maximum atomic E-state index is 6.00. The van der Waals surface area contributed by atoms with Gasteiger partial charge in [0, 0.05) is 13.1 Å². The molecule has 0 amide bonds. The minimum absolute atomic E-state index is 0.696. The van der Waals surface area contributed by atoms with Crippen molar-refractivity contribution >= 4 is 17.3 Å². The van der Waals surface area contributed by atoms with Crippen LogP contribution in [0.4, 0.5) is 5.69 Å². The molecule has 0 aromatic heterocycles. The highest BCUT2D eigenvalue weighted by atomic mass is 35.5. The first-order chi connectivity index (χ1) is 6.77. The van der Waals surface area contributed by atoms with Crippen molar-refractivity contribution in [3.05, 3.63) is 23.2 Å². The Kier molecular flexibility index (Phi) is 4.60. The number of halogens is 1. The van der Waals surface area contributed by atoms with Crippen molar-refractivity contribution in [1.29, 1.82) is 0 Å². The molecule has 2 nitrogen and oxygen atoms in total. The second kappa shape index (κ2) is 5.76. The van der Waals surface area contributed by atoms with Crippen LogP contribution in [0.1, 0.15) is 19.8 Å². The first-order valence-corrected chi connectivity index (χ1v) is 5.25. The van der Waals surface area contributed by atoms with Gasteiger partial charge in [0.1, 0.15) is 5.75 Å². The summed E-state index contributed by atoms with van der Waals surface area (Å²) in [6, 6.07) is 5.68. The van der Waals surface area contributed by atoms with Crippen molar-refractivity contribution in [2.24, 2.45) is 0 Å². The molecule has 0 spiro atoms. The zero-order valence-corrected chi connectivity index (χ0v) is 9.40. The lowest BCUT2D eigenvalue weighted by Crippen LogP contribution is -1.97. The van der Waals surface area contributed by atoms with Gasteiger partial charge in [-0.25, -0.2) is 0 Å². The van der Waals surface area contributed by atoms with Crippen LogP contribution in [0.5, 0.6) is 5.75 Å². The highest BCUT2D eigenvalue weighted by Crippen LogP contribution is 2.26. The summed E-state index contributed by atoms with van der Waals surface area (Å²) in [4.78, 5) is 0. The van der Waals surface area contributed by atoms with Crippen LogP contribution in [0.15, 0.2) is 18.2 Å². The third-order valence-electron chi connectivity index (χ3n) is 1.98. The highest BCUT2D eigenvalue weighted by Gasteiger charge is 2.00. The van der Waals surface area contributed by atoms with Crippen molar-refractivity contribution in [3.63, 3.8) is 0 Å². The van der Waals surface area contributed by atoms with Crippen molar-refractivity contribution in [2.45, 2.75) is 19.8 Å². The van der Waals surface area contributed by atoms with Crippen molar-refractivity contribution in [3.8, 4) is 5.75 Å². The van der Waals surface area contributed by atoms with E-state index in [1.54, 1.807) is 0 Å². The van der Waals surface area contributed by atoms with E-state index < -0.39 is 0 Å². The van der Waals surface area contributed by atoms with Crippen LogP contribution in [-0.2, 0) is 0 Å². The van der Waals surface area contributed by atoms with Crippen LogP contribution >= 0.6 is 11.6 Å². The minimum atomic E-state index is 0.696. The highest BCUT2D eigenvalue weighted by molar-refractivity contribution is 6.33. The number of anilines is 1. The number of nitrogens with one attached hydrogen (secondary N) is 1. The Labute approximate surface area is 90.2 Å². The molecule has 0 aliphatic heterocycles. The molecule has 1 rings (SSSR count). The summed E-state index contributed by atoms with van der Waals surface area (Å²) in [6.45, 7) is 2.90. The van der Waals surface area contributed by atoms with E-state index in [0.717, 1.165) is 30.9 Å². The summed E-state index contributed by atoms with van der Waals surface area (Å²) in [7, 11) is 1.85. The fourth-order valence-corrected chi connectivity index (χ4v) is 1.39. The SMILES string of the molecule is CCCCOc1ccc(NC)c(Cl)c1. The number of unbranched alkanes of at least 4 members (excludes halogenated alkanes) is 1. The van der Waals surface area contributed by atoms with Crippen LogP contribution in [0, 0.1) is 0 Å². The number of benzene rings is 1. The van der Waals surface area contributed by atoms with Gasteiger partial charge in [-0.2, -0.15) is 0 Å². The minimum Gasteiger partial charge on any atom is -0.494 e. The van der Waals surface area contributed by atoms with Crippen LogP contribution in [-0.4, -0.2) is 13.7 Å². The van der Waals surface area contributed by atoms with Gasteiger partial charge in [0.2, 0.25) is 0 Å². The second-order valence-corrected chi connectivity index (χ2v) is 3.50. The van der Waals surface area contributed by atoms with Crippen LogP contribution < -0.4 is 10.1 Å². The largest absolute Gasteiger partial charge is 0.494 e. The first kappa shape index (κ1) is 11.2. The third kappa shape index (κ3) is 3.11. The van der Waals surface area contributed by atoms with Gasteiger partial charge in [-0.3, -0.25) is 0 Å². The molecule has 0 fully saturated rings. The van der Waals surface area contributed by atoms with Gasteiger partial charge in [0.05, 0.1) is 17.3 Å². The molecule has 14 heavy (non-hydrogen) atoms. The van der Waals surface area contributed by atoms with Gasteiger partial charge in [-0.1, -0.05) is 24.9 Å². The fourth-order valence-electron chi connectivity index (χ4n) is 1.12. The van der Waals surface area contributed by atoms with Crippen molar-refractivity contribution in [2.75, 3.05) is 19.0 Å². The van der Waals surface area contributed by atoms with Gasteiger partial charge in [-0.05, 0) is 18.6 Å². The monoisotopic (exact) mass is 213 g/mol. The zero-order chi connectivity index (χ0) is 10.4. The van der Waals surface area contributed by atoms with Crippen molar-refractivity contribution in [1.82, 2.24) is 0 Å². The summed E-state index contributed by atoms with van der Waals surface area (Å²) in [6.07, 6.45) is 2.22. The Morgan fingerprint density at radius 2 is 2.21 bits per heavy atom. The maximum absolute atomic E-state index is 6.00. The van der Waals surface area contributed by atoms with Crippen LogP contribution in [0.25, 0.3) is 0 Å². The molecule has 0 unspecified atom stereocenters. The maximum Gasteiger partial charge on any atom is 0.120 e. The van der Waals surface area contributed by atoms with Gasteiger partial charge >= 0.3 is 0 Å². The van der Waals surface area contributed by atoms with Crippen LogP contribution in [0.3, 0.4) is 0 Å². The summed E-state index contributed by atoms with van der Waals surface area (Å²) in [5, 5.41) is 3.70. The molecule has 0 bridgehead atoms. The van der Waals surface area contributed by atoms with Crippen molar-refractivity contribution < 1.29 is 4.74 Å². The first-order valence-electron chi connectivity index (χ1n) is 4.88. The number of ether oxygens (including phenoxy) is 1. The Balaban J connectivity index is 2.57. The van der Waals surface area contributed by atoms with Gasteiger partial charge in [0.25, 0.3) is 0 Å². The van der Waals surface area contributed by atoms with Gasteiger partial charge < -0.3 is 10.1 Å². The summed E-state index contributed by atoms with van der Waals surface area (Å²) in [5.74, 6) is 0.836. The lowest BCUT2D eigenvalue weighted by Gasteiger charge is -2.08. The fraction of sp³-hybridized carbons (Fsp3) is 0.455. The molecule has 0 saturated carbocycles. The Morgan fingerprint density at radius 3 is 2.79 bits per heavy atom. The number of hydrogen-bond acceptors (Lipinski definition) is 2. The molecule has 0 aliphatic rings. The molecular weight excluding hydrogens is 198 g/mol. The Hall–Kier alpha value is -0.890. The van der Waals surface area contributed by atoms with E-state index in [1.807, 2.05) is 25.2 Å². The topological polar surface area (TPSA) is 21.3 Å². The van der Waals surface area contributed by atoms with Crippen LogP contribution in [0.2, 0.25) is 5.02 Å². The average Bonchev–Trinajstić information content (AvgIpc) is 2.18. The van der Waals surface area contributed by atoms with E-state index >= 15 is 0 Å². The molecule has 1 N–H and O–H groups in total. The molecule has 0 radical (unpaired) electrons. The lowest BCUT2D eigenvalue weighted by molar-refractivity contribution is 0.309. The normalized spacial score (nSPS) is 9.93. The van der Waals surface area contributed by atoms with E-state index in [0.29, 0.717) is 5.02 Å². The predicted octanol–water partition coefficient (Wildman–Crippen LogP) is 3.56. The quantitative estimate of drug-likeness (QED) is 0.756. The molecule has 0 heterocycles. The zero-order valence-electron chi connectivity index (χ0n) is 8.64. The van der Waals surface area contributed by atoms with E-state index in [1.165, 1.54) is 0 Å². The average molecular weight is 214 g/mol. The molecule has 0 atom stereocenters. The smallest absolute Gasteiger partial charge is 0.120 e. The standard InChI is InChI=1S/C11H16ClNO/c1-3-4-7-14-9-5-6-11(13-2)10(12)8-9/h5-6,8,13H,3-4,7H2,1-2H3. The van der Waals surface area contributed by atoms with E-state index in [4.69, 9.17) is 16.3 Å².